The predicted octanol–water partition coefficient (Wildman–Crippen LogP) is 2.85. The van der Waals surface area contributed by atoms with E-state index in [2.05, 4.69) is 9.97 Å². The summed E-state index contributed by atoms with van der Waals surface area (Å²) in [5.74, 6) is 0.612. The van der Waals surface area contributed by atoms with Crippen LogP contribution in [-0.2, 0) is 5.75 Å². The molecule has 1 aromatic heterocycles. The summed E-state index contributed by atoms with van der Waals surface area (Å²) >= 11 is 1.53. The summed E-state index contributed by atoms with van der Waals surface area (Å²) in [6.07, 6.45) is 3.45. The van der Waals surface area contributed by atoms with Crippen molar-refractivity contribution in [1.82, 2.24) is 9.97 Å². The molecule has 1 aromatic carbocycles. The number of nitrogens with zero attached hydrogens (tertiary/aromatic N) is 1. The molecule has 0 bridgehead atoms. The van der Waals surface area contributed by atoms with Gasteiger partial charge in [-0.05, 0) is 17.7 Å². The Hall–Kier alpha value is -1.49. The van der Waals surface area contributed by atoms with E-state index >= 15 is 0 Å². The van der Waals surface area contributed by atoms with Gasteiger partial charge in [0.15, 0.2) is 16.7 Å². The van der Waals surface area contributed by atoms with Gasteiger partial charge < -0.3 is 9.72 Å². The third-order valence-electron chi connectivity index (χ3n) is 2.06. The van der Waals surface area contributed by atoms with Crippen LogP contribution < -0.4 is 4.74 Å². The molecular weight excluding hydrogens is 227 g/mol. The maximum Gasteiger partial charge on any atom is 0.165 e. The van der Waals surface area contributed by atoms with E-state index < -0.39 is 0 Å². The van der Waals surface area contributed by atoms with Crippen LogP contribution >= 0.6 is 11.8 Å². The minimum Gasteiger partial charge on any atom is -0.494 e. The first-order valence-electron chi connectivity index (χ1n) is 4.74. The second-order valence-corrected chi connectivity index (χ2v) is 4.12. The van der Waals surface area contributed by atoms with Crippen molar-refractivity contribution in [3.63, 3.8) is 0 Å². The lowest BCUT2D eigenvalue weighted by Gasteiger charge is -2.04. The van der Waals surface area contributed by atoms with Crippen molar-refractivity contribution in [2.24, 2.45) is 0 Å². The quantitative estimate of drug-likeness (QED) is 0.832. The van der Waals surface area contributed by atoms with Gasteiger partial charge in [0.05, 0.1) is 7.11 Å². The Morgan fingerprint density at radius 1 is 1.50 bits per heavy atom. The van der Waals surface area contributed by atoms with Gasteiger partial charge in [-0.3, -0.25) is 0 Å². The Morgan fingerprint density at radius 2 is 2.38 bits per heavy atom. The van der Waals surface area contributed by atoms with Crippen molar-refractivity contribution < 1.29 is 9.13 Å². The summed E-state index contributed by atoms with van der Waals surface area (Å²) in [5.41, 5.74) is 0.903. The second kappa shape index (κ2) is 5.03. The maximum atomic E-state index is 13.4. The van der Waals surface area contributed by atoms with Crippen LogP contribution in [0.5, 0.6) is 5.75 Å². The smallest absolute Gasteiger partial charge is 0.165 e. The van der Waals surface area contributed by atoms with Gasteiger partial charge in [-0.15, -0.1) is 0 Å². The molecule has 0 unspecified atom stereocenters. The highest BCUT2D eigenvalue weighted by Gasteiger charge is 2.04. The Labute approximate surface area is 97.0 Å². The van der Waals surface area contributed by atoms with Crippen LogP contribution in [0, 0.1) is 5.82 Å². The fraction of sp³-hybridized carbons (Fsp3) is 0.182. The minimum absolute atomic E-state index is 0.270. The third-order valence-corrected chi connectivity index (χ3v) is 3.04. The number of benzene rings is 1. The number of halogens is 1. The van der Waals surface area contributed by atoms with Crippen molar-refractivity contribution in [1.29, 1.82) is 0 Å². The van der Waals surface area contributed by atoms with Crippen LogP contribution in [0.15, 0.2) is 35.7 Å². The van der Waals surface area contributed by atoms with Gasteiger partial charge in [-0.1, -0.05) is 17.8 Å². The number of H-pyrrole nitrogens is 1. The zero-order valence-corrected chi connectivity index (χ0v) is 9.55. The van der Waals surface area contributed by atoms with Crippen molar-refractivity contribution in [2.45, 2.75) is 10.9 Å². The minimum atomic E-state index is -0.333. The van der Waals surface area contributed by atoms with Gasteiger partial charge in [0.25, 0.3) is 0 Å². The van der Waals surface area contributed by atoms with Gasteiger partial charge in [0.1, 0.15) is 0 Å². The summed E-state index contributed by atoms with van der Waals surface area (Å²) in [7, 11) is 1.45. The van der Waals surface area contributed by atoms with E-state index in [1.54, 1.807) is 18.5 Å². The number of ether oxygens (including phenoxy) is 1. The van der Waals surface area contributed by atoms with Crippen molar-refractivity contribution in [3.8, 4) is 5.75 Å². The molecule has 0 saturated carbocycles. The van der Waals surface area contributed by atoms with E-state index in [1.807, 2.05) is 6.07 Å². The van der Waals surface area contributed by atoms with Crippen LogP contribution in [0.3, 0.4) is 0 Å². The molecule has 1 heterocycles. The number of aromatic amines is 1. The van der Waals surface area contributed by atoms with Gasteiger partial charge in [0, 0.05) is 18.1 Å². The summed E-state index contributed by atoms with van der Waals surface area (Å²) in [4.78, 5) is 7.05. The zero-order valence-electron chi connectivity index (χ0n) is 8.74. The molecule has 3 nitrogen and oxygen atoms in total. The molecule has 0 radical (unpaired) electrons. The fourth-order valence-electron chi connectivity index (χ4n) is 1.28. The Balaban J connectivity index is 2.02. The Kier molecular flexibility index (Phi) is 3.46. The molecule has 0 fully saturated rings. The molecule has 1 N–H and O–H groups in total. The molecule has 0 aliphatic carbocycles. The average molecular weight is 238 g/mol. The normalized spacial score (nSPS) is 10.4. The lowest BCUT2D eigenvalue weighted by molar-refractivity contribution is 0.386. The number of hydrogen-bond donors (Lipinski definition) is 1. The van der Waals surface area contributed by atoms with E-state index in [1.165, 1.54) is 24.9 Å². The zero-order chi connectivity index (χ0) is 11.4. The second-order valence-electron chi connectivity index (χ2n) is 3.15. The summed E-state index contributed by atoms with van der Waals surface area (Å²) < 4.78 is 18.2. The van der Waals surface area contributed by atoms with Crippen LogP contribution in [0.2, 0.25) is 0 Å². The molecule has 2 rings (SSSR count). The van der Waals surface area contributed by atoms with E-state index in [4.69, 9.17) is 4.74 Å². The first-order chi connectivity index (χ1) is 7.79. The molecule has 0 atom stereocenters. The lowest BCUT2D eigenvalue weighted by Crippen LogP contribution is -1.90. The van der Waals surface area contributed by atoms with Gasteiger partial charge in [0.2, 0.25) is 0 Å². The van der Waals surface area contributed by atoms with Crippen LogP contribution in [0.25, 0.3) is 0 Å². The van der Waals surface area contributed by atoms with Crippen molar-refractivity contribution >= 4 is 11.8 Å². The monoisotopic (exact) mass is 238 g/mol. The summed E-state index contributed by atoms with van der Waals surface area (Å²) in [6, 6.07) is 4.96. The van der Waals surface area contributed by atoms with E-state index in [0.717, 1.165) is 10.7 Å². The highest BCUT2D eigenvalue weighted by Crippen LogP contribution is 2.23. The number of aromatic nitrogens is 2. The van der Waals surface area contributed by atoms with E-state index in [-0.39, 0.29) is 11.6 Å². The molecular formula is C11H11FN2OS. The lowest BCUT2D eigenvalue weighted by atomic mass is 10.2. The molecule has 0 aliphatic heterocycles. The van der Waals surface area contributed by atoms with Crippen molar-refractivity contribution in [2.75, 3.05) is 7.11 Å². The largest absolute Gasteiger partial charge is 0.494 e. The van der Waals surface area contributed by atoms with Crippen LogP contribution in [0.4, 0.5) is 4.39 Å². The number of hydrogen-bond acceptors (Lipinski definition) is 3. The topological polar surface area (TPSA) is 37.9 Å². The number of methoxy groups -OCH3 is 1. The molecule has 0 aliphatic rings. The summed E-state index contributed by atoms with van der Waals surface area (Å²) in [5, 5.41) is 0.830. The molecule has 2 aromatic rings. The third kappa shape index (κ3) is 2.55. The molecule has 0 saturated heterocycles. The standard InChI is InChI=1S/C11H11FN2OS/c1-15-10-3-2-8(6-9(10)12)7-16-11-13-4-5-14-11/h2-6H,7H2,1H3,(H,13,14). The molecule has 5 heteroatoms. The van der Waals surface area contributed by atoms with Crippen LogP contribution in [-0.4, -0.2) is 17.1 Å². The highest BCUT2D eigenvalue weighted by molar-refractivity contribution is 7.98. The van der Waals surface area contributed by atoms with Crippen LogP contribution in [0.1, 0.15) is 5.56 Å². The fourth-order valence-corrected chi connectivity index (χ4v) is 2.05. The Morgan fingerprint density at radius 3 is 3.00 bits per heavy atom. The van der Waals surface area contributed by atoms with E-state index in [0.29, 0.717) is 5.75 Å². The molecule has 0 amide bonds. The van der Waals surface area contributed by atoms with E-state index in [9.17, 15) is 4.39 Å². The van der Waals surface area contributed by atoms with Gasteiger partial charge in [-0.25, -0.2) is 9.37 Å². The summed E-state index contributed by atoms with van der Waals surface area (Å²) in [6.45, 7) is 0. The SMILES string of the molecule is COc1ccc(CSc2ncc[nH]2)cc1F. The molecule has 84 valence electrons. The van der Waals surface area contributed by atoms with Crippen molar-refractivity contribution in [3.05, 3.63) is 42.0 Å². The number of nitrogens with one attached hydrogen (secondary N) is 1. The van der Waals surface area contributed by atoms with Gasteiger partial charge >= 0.3 is 0 Å². The first kappa shape index (κ1) is 11.0. The number of rotatable bonds is 4. The number of imidazole rings is 1. The highest BCUT2D eigenvalue weighted by atomic mass is 32.2. The Bertz CT molecular complexity index is 459. The molecule has 16 heavy (non-hydrogen) atoms. The maximum absolute atomic E-state index is 13.4. The molecule has 0 spiro atoms. The first-order valence-corrected chi connectivity index (χ1v) is 5.73. The average Bonchev–Trinajstić information content (AvgIpc) is 2.79. The number of thioether (sulfide) groups is 1. The predicted molar refractivity (Wildman–Crippen MR) is 61.1 cm³/mol. The van der Waals surface area contributed by atoms with Gasteiger partial charge in [-0.2, -0.15) is 0 Å².